The van der Waals surface area contributed by atoms with Crippen LogP contribution in [0.3, 0.4) is 0 Å². The summed E-state index contributed by atoms with van der Waals surface area (Å²) in [6.07, 6.45) is 7.43. The summed E-state index contributed by atoms with van der Waals surface area (Å²) in [4.78, 5) is 6.47. The van der Waals surface area contributed by atoms with Gasteiger partial charge in [-0.2, -0.15) is 0 Å². The van der Waals surface area contributed by atoms with Crippen LogP contribution in [0.5, 0.6) is 0 Å². The summed E-state index contributed by atoms with van der Waals surface area (Å²) in [5.74, 6) is 0. The highest BCUT2D eigenvalue weighted by Gasteiger charge is 2.24. The van der Waals surface area contributed by atoms with E-state index in [0.717, 1.165) is 11.4 Å². The zero-order valence-corrected chi connectivity index (χ0v) is 9.69. The molecule has 0 aromatic carbocycles. The van der Waals surface area contributed by atoms with Gasteiger partial charge in [0.2, 0.25) is 0 Å². The molecule has 16 heavy (non-hydrogen) atoms. The lowest BCUT2D eigenvalue weighted by Crippen LogP contribution is -2.42. The van der Waals surface area contributed by atoms with Crippen molar-refractivity contribution < 1.29 is 5.11 Å². The highest BCUT2D eigenvalue weighted by molar-refractivity contribution is 5.56. The van der Waals surface area contributed by atoms with E-state index in [9.17, 15) is 0 Å². The highest BCUT2D eigenvalue weighted by atomic mass is 16.3. The molecule has 2 N–H and O–H groups in total. The van der Waals surface area contributed by atoms with E-state index in [4.69, 9.17) is 5.11 Å². The van der Waals surface area contributed by atoms with E-state index in [0.29, 0.717) is 12.6 Å². The Morgan fingerprint density at radius 3 is 2.88 bits per heavy atom. The largest absolute Gasteiger partial charge is 0.395 e. The molecule has 0 radical (unpaired) electrons. The molecule has 0 amide bonds. The third-order valence-electron chi connectivity index (χ3n) is 3.20. The van der Waals surface area contributed by atoms with Gasteiger partial charge in [0.1, 0.15) is 0 Å². The van der Waals surface area contributed by atoms with E-state index in [2.05, 4.69) is 21.3 Å². The zero-order valence-electron chi connectivity index (χ0n) is 9.69. The molecule has 1 saturated carbocycles. The fourth-order valence-corrected chi connectivity index (χ4v) is 2.05. The van der Waals surface area contributed by atoms with E-state index in [1.807, 2.05) is 13.2 Å². The van der Waals surface area contributed by atoms with Gasteiger partial charge in [-0.1, -0.05) is 0 Å². The van der Waals surface area contributed by atoms with Crippen LogP contribution in [0.25, 0.3) is 0 Å². The minimum absolute atomic E-state index is 0.195. The monoisotopic (exact) mass is 221 g/mol. The van der Waals surface area contributed by atoms with E-state index in [1.54, 1.807) is 6.20 Å². The van der Waals surface area contributed by atoms with Crippen LogP contribution in [-0.4, -0.2) is 36.3 Å². The second-order valence-electron chi connectivity index (χ2n) is 4.18. The Labute approximate surface area is 96.3 Å². The molecule has 2 rings (SSSR count). The first-order valence-corrected chi connectivity index (χ1v) is 5.85. The Morgan fingerprint density at radius 2 is 2.31 bits per heavy atom. The molecule has 1 aromatic rings. The number of hydrogen-bond acceptors (Lipinski definition) is 4. The summed E-state index contributed by atoms with van der Waals surface area (Å²) in [6, 6.07) is 2.67. The summed E-state index contributed by atoms with van der Waals surface area (Å²) >= 11 is 0. The van der Waals surface area contributed by atoms with E-state index in [1.165, 1.54) is 19.3 Å². The van der Waals surface area contributed by atoms with Gasteiger partial charge in [0.25, 0.3) is 0 Å². The topological polar surface area (TPSA) is 48.4 Å². The molecule has 4 heteroatoms. The van der Waals surface area contributed by atoms with Crippen molar-refractivity contribution in [3.05, 3.63) is 18.5 Å². The van der Waals surface area contributed by atoms with Crippen molar-refractivity contribution in [3.8, 4) is 0 Å². The first-order valence-electron chi connectivity index (χ1n) is 5.85. The SMILES string of the molecule is CNc1cncc(N(CCO)C2CCC2)c1. The number of aliphatic hydroxyl groups is 1. The lowest BCUT2D eigenvalue weighted by atomic mass is 9.91. The maximum Gasteiger partial charge on any atom is 0.0606 e. The van der Waals surface area contributed by atoms with Gasteiger partial charge in [-0.15, -0.1) is 0 Å². The number of nitrogens with one attached hydrogen (secondary N) is 1. The minimum Gasteiger partial charge on any atom is -0.395 e. The smallest absolute Gasteiger partial charge is 0.0606 e. The van der Waals surface area contributed by atoms with Gasteiger partial charge >= 0.3 is 0 Å². The van der Waals surface area contributed by atoms with Gasteiger partial charge in [0, 0.05) is 19.6 Å². The summed E-state index contributed by atoms with van der Waals surface area (Å²) in [6.45, 7) is 0.889. The van der Waals surface area contributed by atoms with Crippen molar-refractivity contribution in [1.29, 1.82) is 0 Å². The van der Waals surface area contributed by atoms with Gasteiger partial charge in [0.15, 0.2) is 0 Å². The maximum absolute atomic E-state index is 9.12. The number of pyridine rings is 1. The molecule has 1 aliphatic carbocycles. The van der Waals surface area contributed by atoms with Crippen LogP contribution in [0.1, 0.15) is 19.3 Å². The van der Waals surface area contributed by atoms with Gasteiger partial charge in [-0.05, 0) is 25.3 Å². The lowest BCUT2D eigenvalue weighted by molar-refractivity contribution is 0.283. The summed E-state index contributed by atoms with van der Waals surface area (Å²) in [7, 11) is 1.89. The first kappa shape index (κ1) is 11.2. The Kier molecular flexibility index (Phi) is 3.62. The fraction of sp³-hybridized carbons (Fsp3) is 0.583. The highest BCUT2D eigenvalue weighted by Crippen LogP contribution is 2.29. The van der Waals surface area contributed by atoms with E-state index in [-0.39, 0.29) is 6.61 Å². The molecule has 0 saturated heterocycles. The third-order valence-corrected chi connectivity index (χ3v) is 3.20. The van der Waals surface area contributed by atoms with E-state index >= 15 is 0 Å². The van der Waals surface area contributed by atoms with Crippen molar-refractivity contribution in [2.75, 3.05) is 30.4 Å². The molecular formula is C12H19N3O. The summed E-state index contributed by atoms with van der Waals surface area (Å²) in [5, 5.41) is 12.2. The van der Waals surface area contributed by atoms with Crippen molar-refractivity contribution >= 4 is 11.4 Å². The Bertz CT molecular complexity index is 339. The molecule has 0 aliphatic heterocycles. The summed E-state index contributed by atoms with van der Waals surface area (Å²) < 4.78 is 0. The average Bonchev–Trinajstić information content (AvgIpc) is 2.26. The second kappa shape index (κ2) is 5.16. The normalized spacial score (nSPS) is 15.6. The van der Waals surface area contributed by atoms with Crippen LogP contribution >= 0.6 is 0 Å². The van der Waals surface area contributed by atoms with Crippen molar-refractivity contribution in [2.24, 2.45) is 0 Å². The molecule has 88 valence electrons. The van der Waals surface area contributed by atoms with Crippen LogP contribution in [0, 0.1) is 0 Å². The number of nitrogens with zero attached hydrogens (tertiary/aromatic N) is 2. The zero-order chi connectivity index (χ0) is 11.4. The molecule has 0 atom stereocenters. The Morgan fingerprint density at radius 1 is 1.50 bits per heavy atom. The van der Waals surface area contributed by atoms with Crippen LogP contribution in [0.4, 0.5) is 11.4 Å². The molecule has 1 aliphatic rings. The predicted octanol–water partition coefficient (Wildman–Crippen LogP) is 1.47. The fourth-order valence-electron chi connectivity index (χ4n) is 2.05. The predicted molar refractivity (Wildman–Crippen MR) is 65.9 cm³/mol. The summed E-state index contributed by atoms with van der Waals surface area (Å²) in [5.41, 5.74) is 2.12. The number of hydrogen-bond donors (Lipinski definition) is 2. The minimum atomic E-state index is 0.195. The third kappa shape index (κ3) is 2.27. The number of aliphatic hydroxyl groups excluding tert-OH is 1. The molecule has 0 unspecified atom stereocenters. The standard InChI is InChI=1S/C12H19N3O/c1-13-10-7-12(9-14-8-10)15(5-6-16)11-3-2-4-11/h7-9,11,13,16H,2-6H2,1H3. The molecule has 0 bridgehead atoms. The van der Waals surface area contributed by atoms with Gasteiger partial charge in [-0.25, -0.2) is 0 Å². The van der Waals surface area contributed by atoms with Crippen LogP contribution in [0.15, 0.2) is 18.5 Å². The molecule has 1 heterocycles. The Balaban J connectivity index is 2.16. The number of rotatable bonds is 5. The van der Waals surface area contributed by atoms with Crippen LogP contribution in [-0.2, 0) is 0 Å². The van der Waals surface area contributed by atoms with Gasteiger partial charge in [-0.3, -0.25) is 4.98 Å². The Hall–Kier alpha value is -1.29. The molecular weight excluding hydrogens is 202 g/mol. The number of anilines is 2. The van der Waals surface area contributed by atoms with Gasteiger partial charge < -0.3 is 15.3 Å². The van der Waals surface area contributed by atoms with Gasteiger partial charge in [0.05, 0.1) is 30.4 Å². The number of aromatic nitrogens is 1. The lowest BCUT2D eigenvalue weighted by Gasteiger charge is -2.38. The maximum atomic E-state index is 9.12. The average molecular weight is 221 g/mol. The second-order valence-corrected chi connectivity index (χ2v) is 4.18. The first-order chi connectivity index (χ1) is 7.85. The van der Waals surface area contributed by atoms with E-state index < -0.39 is 0 Å². The van der Waals surface area contributed by atoms with Crippen LogP contribution in [0.2, 0.25) is 0 Å². The van der Waals surface area contributed by atoms with Crippen molar-refractivity contribution in [1.82, 2.24) is 4.98 Å². The van der Waals surface area contributed by atoms with Crippen molar-refractivity contribution in [2.45, 2.75) is 25.3 Å². The molecule has 0 spiro atoms. The molecule has 1 fully saturated rings. The van der Waals surface area contributed by atoms with Crippen LogP contribution < -0.4 is 10.2 Å². The molecule has 1 aromatic heterocycles. The molecule has 4 nitrogen and oxygen atoms in total. The quantitative estimate of drug-likeness (QED) is 0.790. The van der Waals surface area contributed by atoms with Crippen molar-refractivity contribution in [3.63, 3.8) is 0 Å².